The lowest BCUT2D eigenvalue weighted by molar-refractivity contribution is -0.210. The molecule has 0 saturated carbocycles. The summed E-state index contributed by atoms with van der Waals surface area (Å²) in [5.41, 5.74) is 4.34. The van der Waals surface area contributed by atoms with E-state index in [0.717, 1.165) is 0 Å². The van der Waals surface area contributed by atoms with Crippen molar-refractivity contribution in [2.75, 3.05) is 13.6 Å². The van der Waals surface area contributed by atoms with E-state index in [9.17, 15) is 18.0 Å². The number of amidine groups is 1. The molecule has 2 heterocycles. The predicted octanol–water partition coefficient (Wildman–Crippen LogP) is 1.16. The first kappa shape index (κ1) is 16.6. The van der Waals surface area contributed by atoms with E-state index in [1.165, 1.54) is 18.9 Å². The SMILES string of the molecule is CC1C(=N)CN(C)C(=O)C1C1(C)CC(C(F)(F)F)OC(N)=N1. The average Bonchev–Trinajstić information content (AvgIpc) is 2.34. The summed E-state index contributed by atoms with van der Waals surface area (Å²) in [6, 6.07) is -0.573. The normalized spacial score (nSPS) is 36.9. The third kappa shape index (κ3) is 2.76. The minimum atomic E-state index is -4.60. The number of likely N-dealkylation sites (tertiary alicyclic amines) is 1. The van der Waals surface area contributed by atoms with Crippen molar-refractivity contribution >= 4 is 17.6 Å². The van der Waals surface area contributed by atoms with Gasteiger partial charge in [-0.1, -0.05) is 6.92 Å². The zero-order valence-electron chi connectivity index (χ0n) is 12.6. The number of aliphatic imine (C=N–C) groups is 1. The van der Waals surface area contributed by atoms with Gasteiger partial charge in [0.2, 0.25) is 5.91 Å². The van der Waals surface area contributed by atoms with E-state index in [1.807, 2.05) is 0 Å². The fraction of sp³-hybridized carbons (Fsp3) is 0.769. The van der Waals surface area contributed by atoms with Gasteiger partial charge in [-0.2, -0.15) is 13.2 Å². The Morgan fingerprint density at radius 2 is 2.09 bits per heavy atom. The second-order valence-corrected chi connectivity index (χ2v) is 6.15. The molecular weight excluding hydrogens is 301 g/mol. The van der Waals surface area contributed by atoms with Crippen LogP contribution < -0.4 is 5.73 Å². The highest BCUT2D eigenvalue weighted by molar-refractivity contribution is 5.98. The number of nitrogens with two attached hydrogens (primary N) is 1. The Morgan fingerprint density at radius 3 is 2.64 bits per heavy atom. The number of halogens is 3. The van der Waals surface area contributed by atoms with Gasteiger partial charge >= 0.3 is 6.18 Å². The molecule has 0 spiro atoms. The number of carbonyl (C=O) groups is 1. The van der Waals surface area contributed by atoms with Crippen LogP contribution in [0.5, 0.6) is 0 Å². The largest absolute Gasteiger partial charge is 0.452 e. The zero-order chi connectivity index (χ0) is 16.9. The number of piperidine rings is 1. The summed E-state index contributed by atoms with van der Waals surface area (Å²) in [6.45, 7) is 3.30. The molecule has 0 aliphatic carbocycles. The Kier molecular flexibility index (Phi) is 3.87. The predicted molar refractivity (Wildman–Crippen MR) is 73.6 cm³/mol. The molecule has 22 heavy (non-hydrogen) atoms. The van der Waals surface area contributed by atoms with Crippen LogP contribution in [-0.2, 0) is 9.53 Å². The molecule has 0 bridgehead atoms. The zero-order valence-corrected chi connectivity index (χ0v) is 12.6. The number of ether oxygens (including phenoxy) is 1. The molecule has 124 valence electrons. The van der Waals surface area contributed by atoms with E-state index < -0.39 is 42.1 Å². The molecule has 4 atom stereocenters. The van der Waals surface area contributed by atoms with Crippen LogP contribution in [0, 0.1) is 17.2 Å². The van der Waals surface area contributed by atoms with Crippen molar-refractivity contribution in [2.45, 2.75) is 38.1 Å². The molecule has 0 radical (unpaired) electrons. The van der Waals surface area contributed by atoms with Gasteiger partial charge in [0, 0.05) is 25.1 Å². The standard InChI is InChI=1S/C13H19F3N4O2/c1-6-7(17)5-20(3)10(21)9(6)12(2)4-8(13(14,15)16)22-11(18)19-12/h6,8-9,17H,4-5H2,1-3H3,(H2,18,19). The summed E-state index contributed by atoms with van der Waals surface area (Å²) in [5, 5.41) is 7.95. The Balaban J connectivity index is 2.41. The van der Waals surface area contributed by atoms with Crippen molar-refractivity contribution in [1.82, 2.24) is 4.90 Å². The maximum atomic E-state index is 13.0. The smallest absolute Gasteiger partial charge is 0.425 e. The first-order valence-electron chi connectivity index (χ1n) is 6.86. The Morgan fingerprint density at radius 1 is 1.50 bits per heavy atom. The summed E-state index contributed by atoms with van der Waals surface area (Å²) in [7, 11) is 1.52. The quantitative estimate of drug-likeness (QED) is 0.759. The van der Waals surface area contributed by atoms with Crippen LogP contribution in [0.1, 0.15) is 20.3 Å². The van der Waals surface area contributed by atoms with Crippen LogP contribution >= 0.6 is 0 Å². The topological polar surface area (TPSA) is 91.8 Å². The highest BCUT2D eigenvalue weighted by atomic mass is 19.4. The third-order valence-corrected chi connectivity index (χ3v) is 4.36. The highest BCUT2D eigenvalue weighted by Gasteiger charge is 2.55. The van der Waals surface area contributed by atoms with Gasteiger partial charge in [-0.05, 0) is 6.92 Å². The van der Waals surface area contributed by atoms with Crippen LogP contribution in [0.25, 0.3) is 0 Å². The Labute approximate surface area is 126 Å². The summed E-state index contributed by atoms with van der Waals surface area (Å²) >= 11 is 0. The first-order chi connectivity index (χ1) is 9.95. The van der Waals surface area contributed by atoms with Crippen LogP contribution in [0.4, 0.5) is 13.2 Å². The lowest BCUT2D eigenvalue weighted by Gasteiger charge is -2.45. The third-order valence-electron chi connectivity index (χ3n) is 4.36. The molecule has 0 aromatic heterocycles. The van der Waals surface area contributed by atoms with E-state index >= 15 is 0 Å². The van der Waals surface area contributed by atoms with Gasteiger partial charge in [-0.15, -0.1) is 0 Å². The second kappa shape index (κ2) is 5.13. The molecule has 1 fully saturated rings. The number of nitrogens with one attached hydrogen (secondary N) is 1. The fourth-order valence-corrected chi connectivity index (χ4v) is 3.20. The molecule has 2 aliphatic rings. The van der Waals surface area contributed by atoms with Crippen molar-refractivity contribution in [3.05, 3.63) is 0 Å². The van der Waals surface area contributed by atoms with Gasteiger partial charge in [0.05, 0.1) is 18.0 Å². The van der Waals surface area contributed by atoms with Crippen LogP contribution in [-0.4, -0.2) is 54.0 Å². The molecule has 0 aromatic rings. The number of alkyl halides is 3. The minimum absolute atomic E-state index is 0.172. The summed E-state index contributed by atoms with van der Waals surface area (Å²) in [6.07, 6.45) is -7.20. The number of amides is 1. The van der Waals surface area contributed by atoms with Crippen molar-refractivity contribution < 1.29 is 22.7 Å². The minimum Gasteiger partial charge on any atom is -0.452 e. The summed E-state index contributed by atoms with van der Waals surface area (Å²) in [5.74, 6) is -1.70. The molecule has 6 nitrogen and oxygen atoms in total. The van der Waals surface area contributed by atoms with Crippen molar-refractivity contribution in [3.63, 3.8) is 0 Å². The van der Waals surface area contributed by atoms with E-state index in [1.54, 1.807) is 6.92 Å². The van der Waals surface area contributed by atoms with Crippen molar-refractivity contribution in [1.29, 1.82) is 5.41 Å². The van der Waals surface area contributed by atoms with Crippen LogP contribution in [0.15, 0.2) is 4.99 Å². The molecule has 9 heteroatoms. The van der Waals surface area contributed by atoms with E-state index in [2.05, 4.69) is 9.73 Å². The van der Waals surface area contributed by atoms with Gasteiger partial charge in [0.25, 0.3) is 6.02 Å². The summed E-state index contributed by atoms with van der Waals surface area (Å²) in [4.78, 5) is 17.8. The van der Waals surface area contributed by atoms with Crippen LogP contribution in [0.3, 0.4) is 0 Å². The molecular formula is C13H19F3N4O2. The number of rotatable bonds is 1. The van der Waals surface area contributed by atoms with Gasteiger partial charge in [-0.3, -0.25) is 4.79 Å². The Bertz CT molecular complexity index is 534. The summed E-state index contributed by atoms with van der Waals surface area (Å²) < 4.78 is 43.6. The maximum Gasteiger partial charge on any atom is 0.425 e. The highest BCUT2D eigenvalue weighted by Crippen LogP contribution is 2.42. The first-order valence-corrected chi connectivity index (χ1v) is 6.86. The molecule has 0 aromatic carbocycles. The van der Waals surface area contributed by atoms with Gasteiger partial charge in [0.15, 0.2) is 6.10 Å². The van der Waals surface area contributed by atoms with Gasteiger partial charge in [-0.25, -0.2) is 4.99 Å². The van der Waals surface area contributed by atoms with Gasteiger partial charge < -0.3 is 20.8 Å². The number of hydrogen-bond donors (Lipinski definition) is 2. The van der Waals surface area contributed by atoms with E-state index in [-0.39, 0.29) is 18.2 Å². The van der Waals surface area contributed by atoms with E-state index in [0.29, 0.717) is 0 Å². The lowest BCUT2D eigenvalue weighted by Crippen LogP contribution is -2.59. The van der Waals surface area contributed by atoms with Crippen molar-refractivity contribution in [2.24, 2.45) is 22.6 Å². The van der Waals surface area contributed by atoms with Gasteiger partial charge in [0.1, 0.15) is 0 Å². The monoisotopic (exact) mass is 320 g/mol. The number of nitrogens with zero attached hydrogens (tertiary/aromatic N) is 2. The second-order valence-electron chi connectivity index (χ2n) is 6.15. The molecule has 1 amide bonds. The molecule has 1 saturated heterocycles. The molecule has 2 aliphatic heterocycles. The lowest BCUT2D eigenvalue weighted by atomic mass is 9.70. The molecule has 2 rings (SSSR count). The fourth-order valence-electron chi connectivity index (χ4n) is 3.20. The van der Waals surface area contributed by atoms with Crippen LogP contribution in [0.2, 0.25) is 0 Å². The Hall–Kier alpha value is -1.80. The molecule has 3 N–H and O–H groups in total. The number of hydrogen-bond acceptors (Lipinski definition) is 5. The van der Waals surface area contributed by atoms with Crippen molar-refractivity contribution in [3.8, 4) is 0 Å². The molecule has 4 unspecified atom stereocenters. The maximum absolute atomic E-state index is 13.0. The average molecular weight is 320 g/mol. The van der Waals surface area contributed by atoms with E-state index in [4.69, 9.17) is 11.1 Å². The number of carbonyl (C=O) groups excluding carboxylic acids is 1.